The number of nitrogens with one attached hydrogen (secondary N) is 2. The normalized spacial score (nSPS) is 13.1. The van der Waals surface area contributed by atoms with Crippen LogP contribution in [0.25, 0.3) is 5.70 Å². The highest BCUT2D eigenvalue weighted by molar-refractivity contribution is 5.95. The maximum absolute atomic E-state index is 14.0. The second kappa shape index (κ2) is 8.23. The van der Waals surface area contributed by atoms with Gasteiger partial charge < -0.3 is 14.8 Å². The van der Waals surface area contributed by atoms with Crippen molar-refractivity contribution >= 4 is 17.3 Å². The lowest BCUT2D eigenvalue weighted by Crippen LogP contribution is -2.42. The maximum atomic E-state index is 14.0. The number of carbonyl (C=O) groups excluding carboxylic acids is 1. The van der Waals surface area contributed by atoms with Crippen molar-refractivity contribution < 1.29 is 9.18 Å². The molecule has 0 spiro atoms. The second-order valence-corrected chi connectivity index (χ2v) is 7.91. The first-order chi connectivity index (χ1) is 13.7. The van der Waals surface area contributed by atoms with Crippen LogP contribution in [0, 0.1) is 25.1 Å². The number of anilines is 1. The third kappa shape index (κ3) is 4.11. The molecular weight excluding hydrogens is 367 g/mol. The first-order valence-corrected chi connectivity index (χ1v) is 9.94. The van der Waals surface area contributed by atoms with Gasteiger partial charge in [-0.25, -0.2) is 4.39 Å². The first kappa shape index (κ1) is 20.8. The maximum Gasteiger partial charge on any atom is 0.255 e. The molecule has 1 fully saturated rings. The molecular formula is C23H29FN4O. The summed E-state index contributed by atoms with van der Waals surface area (Å²) in [6, 6.07) is 4.97. The second-order valence-electron chi connectivity index (χ2n) is 7.91. The Kier molecular flexibility index (Phi) is 5.91. The van der Waals surface area contributed by atoms with Crippen LogP contribution in [0.4, 0.5) is 10.1 Å². The van der Waals surface area contributed by atoms with Gasteiger partial charge in [-0.05, 0) is 69.9 Å². The molecule has 2 N–H and O–H groups in total. The quantitative estimate of drug-likeness (QED) is 0.784. The highest BCUT2D eigenvalue weighted by atomic mass is 19.1. The fourth-order valence-corrected chi connectivity index (χ4v) is 3.37. The molecule has 6 heteroatoms. The molecule has 0 saturated carbocycles. The van der Waals surface area contributed by atoms with E-state index in [4.69, 9.17) is 5.41 Å². The van der Waals surface area contributed by atoms with Crippen LogP contribution < -0.4 is 10.8 Å². The summed E-state index contributed by atoms with van der Waals surface area (Å²) in [5.74, 6) is -0.261. The Labute approximate surface area is 171 Å². The van der Waals surface area contributed by atoms with E-state index < -0.39 is 0 Å². The van der Waals surface area contributed by atoms with E-state index in [2.05, 4.69) is 5.32 Å². The summed E-state index contributed by atoms with van der Waals surface area (Å²) in [7, 11) is 0. The predicted octanol–water partition coefficient (Wildman–Crippen LogP) is 4.45. The van der Waals surface area contributed by atoms with Crippen LogP contribution >= 0.6 is 0 Å². The molecule has 2 heterocycles. The Morgan fingerprint density at radius 3 is 2.48 bits per heavy atom. The number of aryl methyl sites for hydroxylation is 1. The molecule has 2 aromatic rings. The summed E-state index contributed by atoms with van der Waals surface area (Å²) in [5, 5.41) is 11.9. The number of pyridine rings is 1. The van der Waals surface area contributed by atoms with Crippen LogP contribution in [-0.4, -0.2) is 28.5 Å². The number of hydrogen-bond acceptors (Lipinski definition) is 3. The van der Waals surface area contributed by atoms with Crippen molar-refractivity contribution in [3.8, 4) is 0 Å². The summed E-state index contributed by atoms with van der Waals surface area (Å²) in [6.45, 7) is 11.5. The predicted molar refractivity (Wildman–Crippen MR) is 114 cm³/mol. The molecule has 5 nitrogen and oxygen atoms in total. The molecule has 1 aliphatic heterocycles. The number of likely N-dealkylation sites (tertiary alicyclic amines) is 1. The number of aromatic nitrogens is 1. The fraction of sp³-hybridized carbons (Fsp3) is 0.391. The van der Waals surface area contributed by atoms with Gasteiger partial charge in [0.1, 0.15) is 5.82 Å². The smallest absolute Gasteiger partial charge is 0.255 e. The largest absolute Gasteiger partial charge is 0.378 e. The van der Waals surface area contributed by atoms with E-state index in [1.54, 1.807) is 29.8 Å². The Hall–Kier alpha value is -2.89. The Balaban J connectivity index is 2.02. The summed E-state index contributed by atoms with van der Waals surface area (Å²) < 4.78 is 15.7. The lowest BCUT2D eigenvalue weighted by Gasteiger charge is -2.31. The minimum Gasteiger partial charge on any atom is -0.378 e. The molecule has 1 saturated heterocycles. The van der Waals surface area contributed by atoms with Gasteiger partial charge in [-0.1, -0.05) is 11.6 Å². The van der Waals surface area contributed by atoms with Gasteiger partial charge >= 0.3 is 0 Å². The van der Waals surface area contributed by atoms with Gasteiger partial charge in [0.2, 0.25) is 0 Å². The lowest BCUT2D eigenvalue weighted by atomic mass is 10.0. The van der Waals surface area contributed by atoms with Crippen LogP contribution in [0.1, 0.15) is 54.2 Å². The molecule has 1 aromatic heterocycles. The molecule has 0 radical (unpaired) electrons. The van der Waals surface area contributed by atoms with E-state index in [1.807, 2.05) is 32.6 Å². The van der Waals surface area contributed by atoms with Crippen LogP contribution in [0.15, 0.2) is 30.0 Å². The fourth-order valence-electron chi connectivity index (χ4n) is 3.37. The molecule has 29 heavy (non-hydrogen) atoms. The minimum absolute atomic E-state index is 0.0206. The topological polar surface area (TPSA) is 61.1 Å². The van der Waals surface area contributed by atoms with E-state index in [-0.39, 0.29) is 17.2 Å². The Bertz CT molecular complexity index is 1040. The highest BCUT2D eigenvalue weighted by Gasteiger charge is 2.23. The summed E-state index contributed by atoms with van der Waals surface area (Å²) in [6.07, 6.45) is 2.77. The molecule has 1 aliphatic rings. The molecule has 154 valence electrons. The van der Waals surface area contributed by atoms with Gasteiger partial charge in [-0.15, -0.1) is 0 Å². The summed E-state index contributed by atoms with van der Waals surface area (Å²) in [4.78, 5) is 14.6. The Morgan fingerprint density at radius 2 is 1.90 bits per heavy atom. The minimum atomic E-state index is -0.240. The van der Waals surface area contributed by atoms with E-state index in [1.165, 1.54) is 6.07 Å². The zero-order valence-corrected chi connectivity index (χ0v) is 17.8. The van der Waals surface area contributed by atoms with Crippen molar-refractivity contribution in [1.82, 2.24) is 9.47 Å². The number of nitrogens with zero attached hydrogens (tertiary/aromatic N) is 2. The van der Waals surface area contributed by atoms with Gasteiger partial charge in [-0.2, -0.15) is 0 Å². The number of rotatable bonds is 5. The molecule has 1 amide bonds. The van der Waals surface area contributed by atoms with Crippen LogP contribution in [0.3, 0.4) is 0 Å². The van der Waals surface area contributed by atoms with Gasteiger partial charge in [0.25, 0.3) is 5.91 Å². The molecule has 0 atom stereocenters. The molecule has 0 unspecified atom stereocenters. The average molecular weight is 397 g/mol. The van der Waals surface area contributed by atoms with Crippen molar-refractivity contribution in [2.24, 2.45) is 0 Å². The lowest BCUT2D eigenvalue weighted by molar-refractivity contribution is 0.0651. The third-order valence-electron chi connectivity index (χ3n) is 5.76. The highest BCUT2D eigenvalue weighted by Crippen LogP contribution is 2.20. The van der Waals surface area contributed by atoms with Crippen LogP contribution in [-0.2, 0) is 6.54 Å². The van der Waals surface area contributed by atoms with Crippen molar-refractivity contribution in [3.63, 3.8) is 0 Å². The number of halogens is 1. The van der Waals surface area contributed by atoms with Crippen LogP contribution in [0.2, 0.25) is 0 Å². The number of carbonyl (C=O) groups is 1. The van der Waals surface area contributed by atoms with Gasteiger partial charge in [0.05, 0.1) is 11.3 Å². The number of allylic oxidation sites excluding steroid dienone is 2. The average Bonchev–Trinajstić information content (AvgIpc) is 2.63. The van der Waals surface area contributed by atoms with E-state index in [0.717, 1.165) is 41.9 Å². The molecule has 3 rings (SSSR count). The van der Waals surface area contributed by atoms with Gasteiger partial charge in [0, 0.05) is 31.5 Å². The first-order valence-electron chi connectivity index (χ1n) is 9.94. The third-order valence-corrected chi connectivity index (χ3v) is 5.76. The van der Waals surface area contributed by atoms with Crippen molar-refractivity contribution in [1.29, 1.82) is 5.41 Å². The van der Waals surface area contributed by atoms with Gasteiger partial charge in [-0.3, -0.25) is 10.2 Å². The Morgan fingerprint density at radius 1 is 1.21 bits per heavy atom. The SMILES string of the molecule is CC(C)=C(C)n1cc(C(=O)N2CCC2)cc(NCc2c(C)ccc(F)c2C)c1=N. The van der Waals surface area contributed by atoms with Crippen molar-refractivity contribution in [2.45, 2.75) is 47.6 Å². The summed E-state index contributed by atoms with van der Waals surface area (Å²) in [5.41, 5.74) is 5.82. The standard InChI is InChI=1S/C23H29FN4O/c1-14(2)17(5)28-13-18(23(29)27-9-6-10-27)11-21(22(28)25)26-12-19-15(3)7-8-20(24)16(19)4/h7-8,11,13,25-26H,6,9-10,12H2,1-5H3. The molecule has 0 bridgehead atoms. The monoisotopic (exact) mass is 396 g/mol. The van der Waals surface area contributed by atoms with E-state index in [0.29, 0.717) is 23.4 Å². The zero-order chi connectivity index (χ0) is 21.3. The summed E-state index contributed by atoms with van der Waals surface area (Å²) >= 11 is 0. The molecule has 0 aliphatic carbocycles. The van der Waals surface area contributed by atoms with E-state index in [9.17, 15) is 9.18 Å². The number of amides is 1. The molecule has 1 aromatic carbocycles. The number of hydrogen-bond donors (Lipinski definition) is 2. The van der Waals surface area contributed by atoms with Crippen LogP contribution in [0.5, 0.6) is 0 Å². The zero-order valence-electron chi connectivity index (χ0n) is 17.8. The number of benzene rings is 1. The van der Waals surface area contributed by atoms with Crippen molar-refractivity contribution in [2.75, 3.05) is 18.4 Å². The van der Waals surface area contributed by atoms with E-state index >= 15 is 0 Å². The van der Waals surface area contributed by atoms with Gasteiger partial charge in [0.15, 0.2) is 5.49 Å². The van der Waals surface area contributed by atoms with Crippen molar-refractivity contribution in [3.05, 3.63) is 63.5 Å².